The maximum Gasteiger partial charge on any atom is 0.255 e. The second kappa shape index (κ2) is 5.54. The predicted molar refractivity (Wildman–Crippen MR) is 90.0 cm³/mol. The number of fused-ring (bicyclic) bond motifs is 1. The summed E-state index contributed by atoms with van der Waals surface area (Å²) in [6.45, 7) is 4.16. The summed E-state index contributed by atoms with van der Waals surface area (Å²) in [6, 6.07) is 0. The van der Waals surface area contributed by atoms with Crippen LogP contribution in [0.1, 0.15) is 41.6 Å². The minimum atomic E-state index is -0.249. The van der Waals surface area contributed by atoms with Gasteiger partial charge in [-0.25, -0.2) is 9.97 Å². The molecule has 1 saturated carbocycles. The van der Waals surface area contributed by atoms with Crippen molar-refractivity contribution in [2.45, 2.75) is 38.8 Å². The summed E-state index contributed by atoms with van der Waals surface area (Å²) in [5.74, 6) is 0.892. The fourth-order valence-electron chi connectivity index (χ4n) is 2.74. The number of nitrogens with one attached hydrogen (secondary N) is 2. The van der Waals surface area contributed by atoms with E-state index in [1.54, 1.807) is 20.2 Å². The van der Waals surface area contributed by atoms with Gasteiger partial charge in [0, 0.05) is 12.6 Å². The SMILES string of the molecule is Cc1oc2ncnc(NC3(C)CC3)c2c1C(=O)NCc1cnn(C)n1. The summed E-state index contributed by atoms with van der Waals surface area (Å²) in [5, 5.41) is 15.0. The van der Waals surface area contributed by atoms with Gasteiger partial charge in [-0.05, 0) is 26.7 Å². The molecule has 0 unspecified atom stereocenters. The maximum absolute atomic E-state index is 12.7. The molecule has 4 rings (SSSR count). The number of hydrogen-bond donors (Lipinski definition) is 2. The van der Waals surface area contributed by atoms with Gasteiger partial charge in [0.15, 0.2) is 0 Å². The van der Waals surface area contributed by atoms with Gasteiger partial charge in [-0.15, -0.1) is 0 Å². The molecule has 1 aliphatic rings. The monoisotopic (exact) mass is 341 g/mol. The maximum atomic E-state index is 12.7. The molecule has 2 N–H and O–H groups in total. The van der Waals surface area contributed by atoms with E-state index in [4.69, 9.17) is 4.42 Å². The van der Waals surface area contributed by atoms with Crippen molar-refractivity contribution in [3.63, 3.8) is 0 Å². The third-order valence-electron chi connectivity index (χ3n) is 4.39. The molecule has 1 fully saturated rings. The number of amides is 1. The van der Waals surface area contributed by atoms with E-state index in [0.29, 0.717) is 33.9 Å². The average molecular weight is 341 g/mol. The molecule has 3 heterocycles. The summed E-state index contributed by atoms with van der Waals surface area (Å²) < 4.78 is 5.67. The molecule has 9 heteroatoms. The van der Waals surface area contributed by atoms with Crippen LogP contribution in [-0.4, -0.2) is 36.4 Å². The second-order valence-corrected chi connectivity index (χ2v) is 6.63. The molecule has 0 bridgehead atoms. The topological polar surface area (TPSA) is 111 Å². The Morgan fingerprint density at radius 1 is 1.40 bits per heavy atom. The van der Waals surface area contributed by atoms with E-state index in [2.05, 4.69) is 37.7 Å². The van der Waals surface area contributed by atoms with Crippen LogP contribution in [0.2, 0.25) is 0 Å². The van der Waals surface area contributed by atoms with E-state index in [1.165, 1.54) is 11.1 Å². The lowest BCUT2D eigenvalue weighted by Gasteiger charge is -2.13. The van der Waals surface area contributed by atoms with Crippen LogP contribution >= 0.6 is 0 Å². The Labute approximate surface area is 143 Å². The summed E-state index contributed by atoms with van der Waals surface area (Å²) in [6.07, 6.45) is 5.21. The minimum Gasteiger partial charge on any atom is -0.442 e. The molecule has 0 spiro atoms. The van der Waals surface area contributed by atoms with Crippen LogP contribution in [0, 0.1) is 6.92 Å². The van der Waals surface area contributed by atoms with Crippen LogP contribution < -0.4 is 10.6 Å². The van der Waals surface area contributed by atoms with Gasteiger partial charge in [-0.2, -0.15) is 15.0 Å². The number of aryl methyl sites for hydroxylation is 2. The Hall–Kier alpha value is -2.97. The van der Waals surface area contributed by atoms with Gasteiger partial charge in [0.25, 0.3) is 5.91 Å². The van der Waals surface area contributed by atoms with Crippen molar-refractivity contribution in [3.05, 3.63) is 29.5 Å². The van der Waals surface area contributed by atoms with Crippen LogP contribution in [0.3, 0.4) is 0 Å². The van der Waals surface area contributed by atoms with Crippen LogP contribution in [0.15, 0.2) is 16.9 Å². The van der Waals surface area contributed by atoms with E-state index in [9.17, 15) is 4.79 Å². The Morgan fingerprint density at radius 3 is 2.88 bits per heavy atom. The molecule has 3 aromatic heterocycles. The third-order valence-corrected chi connectivity index (χ3v) is 4.39. The van der Waals surface area contributed by atoms with Gasteiger partial charge in [0.1, 0.15) is 23.6 Å². The fourth-order valence-corrected chi connectivity index (χ4v) is 2.74. The van der Waals surface area contributed by atoms with Crippen molar-refractivity contribution >= 4 is 22.8 Å². The molecule has 9 nitrogen and oxygen atoms in total. The Bertz CT molecular complexity index is 955. The van der Waals surface area contributed by atoms with Crippen LogP contribution in [0.4, 0.5) is 5.82 Å². The Balaban J connectivity index is 1.65. The summed E-state index contributed by atoms with van der Waals surface area (Å²) in [7, 11) is 1.73. The largest absolute Gasteiger partial charge is 0.442 e. The molecule has 130 valence electrons. The van der Waals surface area contributed by atoms with Gasteiger partial charge >= 0.3 is 0 Å². The molecule has 0 aliphatic heterocycles. The van der Waals surface area contributed by atoms with Crippen LogP contribution in [-0.2, 0) is 13.6 Å². The lowest BCUT2D eigenvalue weighted by Crippen LogP contribution is -2.24. The first-order valence-corrected chi connectivity index (χ1v) is 8.11. The number of furan rings is 1. The van der Waals surface area contributed by atoms with E-state index in [1.807, 2.05) is 0 Å². The zero-order valence-electron chi connectivity index (χ0n) is 14.3. The molecule has 0 saturated heterocycles. The molecule has 1 aliphatic carbocycles. The summed E-state index contributed by atoms with van der Waals surface area (Å²) in [4.78, 5) is 22.7. The van der Waals surface area contributed by atoms with Crippen LogP contribution in [0.5, 0.6) is 0 Å². The highest BCUT2D eigenvalue weighted by atomic mass is 16.3. The third kappa shape index (κ3) is 2.92. The quantitative estimate of drug-likeness (QED) is 0.724. The molecule has 1 amide bonds. The summed E-state index contributed by atoms with van der Waals surface area (Å²) in [5.41, 5.74) is 1.57. The van der Waals surface area contributed by atoms with Crippen molar-refractivity contribution in [1.29, 1.82) is 0 Å². The summed E-state index contributed by atoms with van der Waals surface area (Å²) >= 11 is 0. The van der Waals surface area contributed by atoms with Crippen molar-refractivity contribution in [2.75, 3.05) is 5.32 Å². The number of aromatic nitrogens is 5. The molecular weight excluding hydrogens is 322 g/mol. The van der Waals surface area contributed by atoms with E-state index < -0.39 is 0 Å². The normalized spacial score (nSPS) is 15.3. The lowest BCUT2D eigenvalue weighted by molar-refractivity contribution is 0.0950. The fraction of sp³-hybridized carbons (Fsp3) is 0.438. The number of hydrogen-bond acceptors (Lipinski definition) is 7. The number of rotatable bonds is 5. The zero-order valence-corrected chi connectivity index (χ0v) is 14.3. The number of anilines is 1. The van der Waals surface area contributed by atoms with Gasteiger partial charge in [0.2, 0.25) is 5.71 Å². The molecule has 0 atom stereocenters. The minimum absolute atomic E-state index is 0.0276. The Morgan fingerprint density at radius 2 is 2.20 bits per heavy atom. The van der Waals surface area contributed by atoms with E-state index >= 15 is 0 Å². The second-order valence-electron chi connectivity index (χ2n) is 6.63. The lowest BCUT2D eigenvalue weighted by atomic mass is 10.1. The van der Waals surface area contributed by atoms with Crippen molar-refractivity contribution in [1.82, 2.24) is 30.3 Å². The first-order valence-electron chi connectivity index (χ1n) is 8.11. The molecule has 3 aromatic rings. The van der Waals surface area contributed by atoms with Crippen LogP contribution in [0.25, 0.3) is 11.1 Å². The first kappa shape index (κ1) is 15.6. The number of carbonyl (C=O) groups is 1. The molecular formula is C16H19N7O2. The van der Waals surface area contributed by atoms with Crippen molar-refractivity contribution in [3.8, 4) is 0 Å². The first-order chi connectivity index (χ1) is 12.0. The Kier molecular flexibility index (Phi) is 3.45. The highest BCUT2D eigenvalue weighted by Gasteiger charge is 2.38. The van der Waals surface area contributed by atoms with E-state index in [0.717, 1.165) is 12.8 Å². The smallest absolute Gasteiger partial charge is 0.255 e. The van der Waals surface area contributed by atoms with Crippen molar-refractivity contribution in [2.24, 2.45) is 7.05 Å². The number of carbonyl (C=O) groups excluding carboxylic acids is 1. The average Bonchev–Trinajstić information content (AvgIpc) is 2.99. The van der Waals surface area contributed by atoms with Gasteiger partial charge < -0.3 is 15.1 Å². The van der Waals surface area contributed by atoms with Gasteiger partial charge in [-0.3, -0.25) is 4.79 Å². The molecule has 0 aromatic carbocycles. The number of nitrogens with zero attached hydrogens (tertiary/aromatic N) is 5. The standard InChI is InChI=1S/C16H19N7O2/c1-9-11(14(24)17-6-10-7-20-23(3)22-10)12-13(21-16(2)4-5-16)18-8-19-15(12)25-9/h7-8H,4-6H2,1-3H3,(H,17,24)(H,18,19,21). The predicted octanol–water partition coefficient (Wildman–Crippen LogP) is 1.55. The highest BCUT2D eigenvalue weighted by Crippen LogP contribution is 2.40. The zero-order chi connectivity index (χ0) is 17.6. The van der Waals surface area contributed by atoms with Gasteiger partial charge in [-0.1, -0.05) is 0 Å². The van der Waals surface area contributed by atoms with Crippen molar-refractivity contribution < 1.29 is 9.21 Å². The molecule has 25 heavy (non-hydrogen) atoms. The van der Waals surface area contributed by atoms with Gasteiger partial charge in [0.05, 0.1) is 23.7 Å². The molecule has 0 radical (unpaired) electrons. The van der Waals surface area contributed by atoms with E-state index in [-0.39, 0.29) is 18.0 Å². The highest BCUT2D eigenvalue weighted by molar-refractivity contribution is 6.10.